The molecule has 0 amide bonds. The second-order valence-corrected chi connectivity index (χ2v) is 7.37. The number of aromatic nitrogens is 3. The summed E-state index contributed by atoms with van der Waals surface area (Å²) < 4.78 is 5.81. The zero-order valence-corrected chi connectivity index (χ0v) is 14.8. The van der Waals surface area contributed by atoms with Crippen molar-refractivity contribution < 1.29 is 9.52 Å². The number of nitrogens with zero attached hydrogens (tertiary/aromatic N) is 4. The van der Waals surface area contributed by atoms with Crippen LogP contribution in [0.25, 0.3) is 10.8 Å². The van der Waals surface area contributed by atoms with Gasteiger partial charge in [0, 0.05) is 44.1 Å². The van der Waals surface area contributed by atoms with E-state index in [1.54, 1.807) is 29.9 Å². The first-order chi connectivity index (χ1) is 12.2. The SMILES string of the molecule is Cc1oc(-c2cccs2)nc1CN1C[C@@H](Cc2cnccn2)[C@H](O)C1. The van der Waals surface area contributed by atoms with Crippen molar-refractivity contribution in [3.8, 4) is 10.8 Å². The Kier molecular flexibility index (Phi) is 4.61. The number of β-amino-alcohol motifs (C(OH)–C–C–N with tert-alkyl or cyclic N) is 1. The maximum atomic E-state index is 10.4. The van der Waals surface area contributed by atoms with Crippen LogP contribution in [0.3, 0.4) is 0 Å². The van der Waals surface area contributed by atoms with Gasteiger partial charge >= 0.3 is 0 Å². The van der Waals surface area contributed by atoms with E-state index in [-0.39, 0.29) is 12.0 Å². The third-order valence-corrected chi connectivity index (χ3v) is 5.43. The zero-order valence-electron chi connectivity index (χ0n) is 14.0. The van der Waals surface area contributed by atoms with Crippen LogP contribution in [-0.2, 0) is 13.0 Å². The van der Waals surface area contributed by atoms with Crippen LogP contribution in [0.1, 0.15) is 17.1 Å². The molecule has 6 nitrogen and oxygen atoms in total. The van der Waals surface area contributed by atoms with Crippen molar-refractivity contribution >= 4 is 11.3 Å². The summed E-state index contributed by atoms with van der Waals surface area (Å²) in [5.41, 5.74) is 1.86. The lowest BCUT2D eigenvalue weighted by molar-refractivity contribution is 0.140. The van der Waals surface area contributed by atoms with E-state index in [9.17, 15) is 5.11 Å². The molecule has 0 aliphatic carbocycles. The normalized spacial score (nSPS) is 21.0. The van der Waals surface area contributed by atoms with Gasteiger partial charge in [0.25, 0.3) is 0 Å². The molecule has 1 fully saturated rings. The minimum Gasteiger partial charge on any atom is -0.440 e. The lowest BCUT2D eigenvalue weighted by atomic mass is 10.0. The molecule has 1 aliphatic rings. The fourth-order valence-electron chi connectivity index (χ4n) is 3.27. The molecule has 130 valence electrons. The zero-order chi connectivity index (χ0) is 17.2. The minimum absolute atomic E-state index is 0.167. The number of aryl methyl sites for hydroxylation is 1. The number of likely N-dealkylation sites (tertiary alicyclic amines) is 1. The van der Waals surface area contributed by atoms with E-state index in [1.165, 1.54) is 0 Å². The number of hydrogen-bond donors (Lipinski definition) is 1. The number of thiophene rings is 1. The molecule has 0 aromatic carbocycles. The Morgan fingerprint density at radius 3 is 3.04 bits per heavy atom. The van der Waals surface area contributed by atoms with Crippen molar-refractivity contribution in [1.29, 1.82) is 0 Å². The highest BCUT2D eigenvalue weighted by Crippen LogP contribution is 2.28. The maximum Gasteiger partial charge on any atom is 0.236 e. The average Bonchev–Trinajstić information content (AvgIpc) is 3.32. The summed E-state index contributed by atoms with van der Waals surface area (Å²) in [5.74, 6) is 1.69. The van der Waals surface area contributed by atoms with E-state index in [4.69, 9.17) is 4.42 Å². The highest BCUT2D eigenvalue weighted by Gasteiger charge is 2.32. The van der Waals surface area contributed by atoms with Gasteiger partial charge < -0.3 is 9.52 Å². The van der Waals surface area contributed by atoms with Crippen LogP contribution < -0.4 is 0 Å². The van der Waals surface area contributed by atoms with Crippen molar-refractivity contribution in [2.45, 2.75) is 26.0 Å². The minimum atomic E-state index is -0.356. The van der Waals surface area contributed by atoms with E-state index >= 15 is 0 Å². The van der Waals surface area contributed by atoms with E-state index < -0.39 is 0 Å². The van der Waals surface area contributed by atoms with Gasteiger partial charge in [-0.2, -0.15) is 0 Å². The van der Waals surface area contributed by atoms with E-state index in [2.05, 4.69) is 19.9 Å². The van der Waals surface area contributed by atoms with Crippen LogP contribution in [-0.4, -0.2) is 44.2 Å². The van der Waals surface area contributed by atoms with Crippen LogP contribution in [0.5, 0.6) is 0 Å². The van der Waals surface area contributed by atoms with Gasteiger partial charge in [0.1, 0.15) is 5.76 Å². The topological polar surface area (TPSA) is 75.3 Å². The predicted octanol–water partition coefficient (Wildman–Crippen LogP) is 2.54. The molecule has 3 aromatic rings. The molecule has 7 heteroatoms. The molecule has 0 bridgehead atoms. The molecule has 3 aromatic heterocycles. The van der Waals surface area contributed by atoms with E-state index in [1.807, 2.05) is 24.4 Å². The number of hydrogen-bond acceptors (Lipinski definition) is 7. The molecule has 0 spiro atoms. The van der Waals surface area contributed by atoms with Gasteiger partial charge in [-0.15, -0.1) is 11.3 Å². The number of aliphatic hydroxyl groups excluding tert-OH is 1. The van der Waals surface area contributed by atoms with Crippen molar-refractivity contribution in [1.82, 2.24) is 19.9 Å². The number of rotatable bonds is 5. The molecule has 4 heterocycles. The Morgan fingerprint density at radius 2 is 2.28 bits per heavy atom. The molecule has 4 rings (SSSR count). The van der Waals surface area contributed by atoms with Crippen molar-refractivity contribution in [3.05, 3.63) is 53.3 Å². The lowest BCUT2D eigenvalue weighted by Crippen LogP contribution is -2.22. The molecular formula is C18H20N4O2S. The molecule has 0 unspecified atom stereocenters. The van der Waals surface area contributed by atoms with Crippen molar-refractivity contribution in [3.63, 3.8) is 0 Å². The summed E-state index contributed by atoms with van der Waals surface area (Å²) >= 11 is 1.62. The first-order valence-electron chi connectivity index (χ1n) is 8.34. The van der Waals surface area contributed by atoms with Gasteiger partial charge in [-0.3, -0.25) is 14.9 Å². The number of aliphatic hydroxyl groups is 1. The summed E-state index contributed by atoms with van der Waals surface area (Å²) in [5, 5.41) is 12.4. The third kappa shape index (κ3) is 3.63. The van der Waals surface area contributed by atoms with Crippen molar-refractivity contribution in [2.75, 3.05) is 13.1 Å². The van der Waals surface area contributed by atoms with Gasteiger partial charge in [-0.05, 0) is 24.8 Å². The smallest absolute Gasteiger partial charge is 0.236 e. The fourth-order valence-corrected chi connectivity index (χ4v) is 3.92. The van der Waals surface area contributed by atoms with Crippen LogP contribution >= 0.6 is 11.3 Å². The second-order valence-electron chi connectivity index (χ2n) is 6.42. The molecule has 1 aliphatic heterocycles. The predicted molar refractivity (Wildman–Crippen MR) is 95.1 cm³/mol. The molecule has 1 saturated heterocycles. The number of oxazole rings is 1. The first-order valence-corrected chi connectivity index (χ1v) is 9.22. The Hall–Kier alpha value is -2.09. The Balaban J connectivity index is 1.42. The quantitative estimate of drug-likeness (QED) is 0.757. The molecule has 1 N–H and O–H groups in total. The largest absolute Gasteiger partial charge is 0.440 e. The summed E-state index contributed by atoms with van der Waals surface area (Å²) in [4.78, 5) is 16.3. The standard InChI is InChI=1S/C18H20N4O2S/c1-12-15(21-18(24-12)17-3-2-6-25-17)10-22-9-13(16(23)11-22)7-14-8-19-4-5-20-14/h2-6,8,13,16,23H,7,9-11H2,1H3/t13-,16-/m1/s1. The summed E-state index contributed by atoms with van der Waals surface area (Å²) in [6, 6.07) is 4.00. The molecular weight excluding hydrogens is 336 g/mol. The molecule has 2 atom stereocenters. The summed E-state index contributed by atoms with van der Waals surface area (Å²) in [6.45, 7) is 4.10. The fraction of sp³-hybridized carbons (Fsp3) is 0.389. The summed E-state index contributed by atoms with van der Waals surface area (Å²) in [7, 11) is 0. The van der Waals surface area contributed by atoms with Gasteiger partial charge in [0.15, 0.2) is 0 Å². The Morgan fingerprint density at radius 1 is 1.36 bits per heavy atom. The second kappa shape index (κ2) is 7.03. The van der Waals surface area contributed by atoms with Crippen LogP contribution in [0.4, 0.5) is 0 Å². The van der Waals surface area contributed by atoms with Crippen LogP contribution in [0.2, 0.25) is 0 Å². The van der Waals surface area contributed by atoms with E-state index in [0.29, 0.717) is 19.0 Å². The molecule has 25 heavy (non-hydrogen) atoms. The molecule has 0 saturated carbocycles. The lowest BCUT2D eigenvalue weighted by Gasteiger charge is -2.14. The molecule has 0 radical (unpaired) electrons. The van der Waals surface area contributed by atoms with E-state index in [0.717, 1.165) is 35.0 Å². The highest BCUT2D eigenvalue weighted by atomic mass is 32.1. The van der Waals surface area contributed by atoms with Gasteiger partial charge in [0.05, 0.1) is 22.4 Å². The van der Waals surface area contributed by atoms with Crippen LogP contribution in [0.15, 0.2) is 40.5 Å². The highest BCUT2D eigenvalue weighted by molar-refractivity contribution is 7.13. The van der Waals surface area contributed by atoms with Gasteiger partial charge in [-0.1, -0.05) is 6.07 Å². The first kappa shape index (κ1) is 16.4. The monoisotopic (exact) mass is 356 g/mol. The third-order valence-electron chi connectivity index (χ3n) is 4.57. The maximum absolute atomic E-state index is 10.4. The summed E-state index contributed by atoms with van der Waals surface area (Å²) in [6.07, 6.45) is 5.51. The Bertz CT molecular complexity index is 819. The van der Waals surface area contributed by atoms with Gasteiger partial charge in [-0.25, -0.2) is 4.98 Å². The van der Waals surface area contributed by atoms with Crippen molar-refractivity contribution in [2.24, 2.45) is 5.92 Å². The van der Waals surface area contributed by atoms with Gasteiger partial charge in [0.2, 0.25) is 5.89 Å². The van der Waals surface area contributed by atoms with Crippen LogP contribution in [0, 0.1) is 12.8 Å². The Labute approximate surface area is 150 Å². The average molecular weight is 356 g/mol.